The lowest BCUT2D eigenvalue weighted by atomic mass is 9.90. The molecule has 8 heteroatoms. The van der Waals surface area contributed by atoms with Crippen LogP contribution in [0.25, 0.3) is 0 Å². The second-order valence-electron chi connectivity index (χ2n) is 8.40. The molecule has 2 N–H and O–H groups in total. The van der Waals surface area contributed by atoms with Gasteiger partial charge in [-0.05, 0) is 24.3 Å². The molecule has 0 saturated carbocycles. The molecule has 1 aliphatic heterocycles. The lowest BCUT2D eigenvalue weighted by Crippen LogP contribution is -2.46. The Morgan fingerprint density at radius 1 is 1.12 bits per heavy atom. The minimum atomic E-state index is -0.884. The summed E-state index contributed by atoms with van der Waals surface area (Å²) in [5.41, 5.74) is 0.831. The fourth-order valence-corrected chi connectivity index (χ4v) is 3.49. The number of nitrogens with one attached hydrogen (secondary N) is 2. The van der Waals surface area contributed by atoms with Crippen molar-refractivity contribution in [3.05, 3.63) is 35.9 Å². The first-order valence-electron chi connectivity index (χ1n) is 11.3. The summed E-state index contributed by atoms with van der Waals surface area (Å²) in [6, 6.07) is 8.38. The van der Waals surface area contributed by atoms with Crippen LogP contribution in [0.15, 0.2) is 30.3 Å². The number of benzene rings is 1. The molecule has 0 radical (unpaired) electrons. The summed E-state index contributed by atoms with van der Waals surface area (Å²) in [7, 11) is 0. The third-order valence-electron chi connectivity index (χ3n) is 5.36. The minimum Gasteiger partial charge on any atom is -0.445 e. The van der Waals surface area contributed by atoms with E-state index in [0.717, 1.165) is 31.2 Å². The number of Topliss-reactive ketones (excluding diaryl/α,β-unsaturated/α-hetero) is 2. The first-order chi connectivity index (χ1) is 15.4. The van der Waals surface area contributed by atoms with Gasteiger partial charge in [-0.25, -0.2) is 4.79 Å². The molecule has 2 amide bonds. The van der Waals surface area contributed by atoms with E-state index in [1.165, 1.54) is 0 Å². The van der Waals surface area contributed by atoms with Crippen molar-refractivity contribution in [2.75, 3.05) is 19.8 Å². The molecule has 176 valence electrons. The van der Waals surface area contributed by atoms with Crippen LogP contribution in [0.1, 0.15) is 51.5 Å². The van der Waals surface area contributed by atoms with Crippen LogP contribution >= 0.6 is 0 Å². The van der Waals surface area contributed by atoms with E-state index in [0.29, 0.717) is 13.2 Å². The molecule has 0 bridgehead atoms. The van der Waals surface area contributed by atoms with Gasteiger partial charge in [-0.15, -0.1) is 0 Å². The summed E-state index contributed by atoms with van der Waals surface area (Å²) in [4.78, 5) is 50.1. The molecule has 0 aliphatic carbocycles. The fourth-order valence-electron chi connectivity index (χ4n) is 3.49. The van der Waals surface area contributed by atoms with E-state index < -0.39 is 29.7 Å². The van der Waals surface area contributed by atoms with E-state index in [1.54, 1.807) is 13.8 Å². The Hall–Kier alpha value is -2.74. The summed E-state index contributed by atoms with van der Waals surface area (Å²) >= 11 is 0. The minimum absolute atomic E-state index is 0.00125. The maximum atomic E-state index is 13.0. The van der Waals surface area contributed by atoms with Gasteiger partial charge in [0.2, 0.25) is 5.78 Å². The van der Waals surface area contributed by atoms with Crippen LogP contribution < -0.4 is 10.6 Å². The van der Waals surface area contributed by atoms with E-state index in [4.69, 9.17) is 9.47 Å². The van der Waals surface area contributed by atoms with E-state index >= 15 is 0 Å². The Morgan fingerprint density at radius 2 is 1.84 bits per heavy atom. The summed E-state index contributed by atoms with van der Waals surface area (Å²) < 4.78 is 10.8. The van der Waals surface area contributed by atoms with Gasteiger partial charge in [0.25, 0.3) is 5.91 Å². The van der Waals surface area contributed by atoms with E-state index in [-0.39, 0.29) is 31.3 Å². The molecule has 1 saturated heterocycles. The largest absolute Gasteiger partial charge is 0.445 e. The number of ether oxygens (including phenoxy) is 2. The number of amides is 2. The van der Waals surface area contributed by atoms with Crippen LogP contribution in [0.2, 0.25) is 0 Å². The molecule has 0 aromatic heterocycles. The van der Waals surface area contributed by atoms with Crippen molar-refractivity contribution in [3.63, 3.8) is 0 Å². The van der Waals surface area contributed by atoms with E-state index in [2.05, 4.69) is 10.6 Å². The molecule has 1 aromatic rings. The summed E-state index contributed by atoms with van der Waals surface area (Å²) in [5.74, 6) is -2.79. The Morgan fingerprint density at radius 3 is 2.56 bits per heavy atom. The van der Waals surface area contributed by atoms with Gasteiger partial charge in [0.1, 0.15) is 6.61 Å². The Labute approximate surface area is 189 Å². The first kappa shape index (κ1) is 25.5. The molecule has 2 rings (SSSR count). The van der Waals surface area contributed by atoms with Crippen molar-refractivity contribution in [1.29, 1.82) is 0 Å². The quantitative estimate of drug-likeness (QED) is 0.623. The third kappa shape index (κ3) is 8.78. The predicted molar refractivity (Wildman–Crippen MR) is 119 cm³/mol. The molecule has 1 aromatic carbocycles. The van der Waals surface area contributed by atoms with Gasteiger partial charge in [0.15, 0.2) is 5.78 Å². The van der Waals surface area contributed by atoms with E-state index in [1.807, 2.05) is 30.3 Å². The Bertz CT molecular complexity index is 765. The molecule has 8 nitrogen and oxygen atoms in total. The van der Waals surface area contributed by atoms with Crippen molar-refractivity contribution in [3.8, 4) is 0 Å². The van der Waals surface area contributed by atoms with Gasteiger partial charge in [-0.3, -0.25) is 14.4 Å². The predicted octanol–water partition coefficient (Wildman–Crippen LogP) is 2.79. The highest BCUT2D eigenvalue weighted by Crippen LogP contribution is 2.15. The molecule has 1 heterocycles. The van der Waals surface area contributed by atoms with Crippen molar-refractivity contribution in [1.82, 2.24) is 10.6 Å². The molecule has 2 atom stereocenters. The number of hydrogen-bond donors (Lipinski definition) is 2. The van der Waals surface area contributed by atoms with Crippen LogP contribution in [0.3, 0.4) is 0 Å². The monoisotopic (exact) mass is 446 g/mol. The van der Waals surface area contributed by atoms with Crippen molar-refractivity contribution in [2.45, 2.75) is 58.6 Å². The Kier molecular flexibility index (Phi) is 10.9. The second kappa shape index (κ2) is 13.6. The first-order valence-corrected chi connectivity index (χ1v) is 11.3. The van der Waals surface area contributed by atoms with Crippen molar-refractivity contribution < 1.29 is 28.7 Å². The highest BCUT2D eigenvalue weighted by molar-refractivity contribution is 6.37. The van der Waals surface area contributed by atoms with Crippen molar-refractivity contribution in [2.24, 2.45) is 11.8 Å². The lowest BCUT2D eigenvalue weighted by Gasteiger charge is -2.23. The van der Waals surface area contributed by atoms with Crippen molar-refractivity contribution >= 4 is 23.6 Å². The van der Waals surface area contributed by atoms with Crippen LogP contribution in [0, 0.1) is 11.8 Å². The van der Waals surface area contributed by atoms with Crippen LogP contribution in [0.4, 0.5) is 4.79 Å². The summed E-state index contributed by atoms with van der Waals surface area (Å²) in [5, 5.41) is 5.23. The molecule has 0 spiro atoms. The lowest BCUT2D eigenvalue weighted by molar-refractivity contribution is -0.142. The zero-order chi connectivity index (χ0) is 23.3. The number of carbonyl (C=O) groups is 4. The normalized spacial score (nSPS) is 19.3. The van der Waals surface area contributed by atoms with Crippen LogP contribution in [-0.4, -0.2) is 49.4 Å². The molecule has 1 fully saturated rings. The van der Waals surface area contributed by atoms with Gasteiger partial charge in [0.05, 0.1) is 18.6 Å². The average Bonchev–Trinajstić information content (AvgIpc) is 2.78. The number of rotatable bonds is 7. The molecule has 1 aliphatic rings. The highest BCUT2D eigenvalue weighted by atomic mass is 16.5. The average molecular weight is 447 g/mol. The maximum Gasteiger partial charge on any atom is 0.408 e. The zero-order valence-corrected chi connectivity index (χ0v) is 18.9. The number of hydrogen-bond acceptors (Lipinski definition) is 6. The SMILES string of the molecule is CC(C)C(NC(=O)OCc1ccccc1)C(=O)CC1COCCCCCCNC(=O)C1=O. The van der Waals surface area contributed by atoms with Gasteiger partial charge in [-0.2, -0.15) is 0 Å². The van der Waals surface area contributed by atoms with Crippen LogP contribution in [0.5, 0.6) is 0 Å². The van der Waals surface area contributed by atoms with E-state index in [9.17, 15) is 19.2 Å². The number of carbonyl (C=O) groups excluding carboxylic acids is 4. The highest BCUT2D eigenvalue weighted by Gasteiger charge is 2.32. The fraction of sp³-hybridized carbons (Fsp3) is 0.583. The van der Waals surface area contributed by atoms with Gasteiger partial charge in [-0.1, -0.05) is 57.0 Å². The molecule has 2 unspecified atom stereocenters. The van der Waals surface area contributed by atoms with Gasteiger partial charge < -0.3 is 20.1 Å². The molecular weight excluding hydrogens is 412 g/mol. The molecule has 32 heavy (non-hydrogen) atoms. The summed E-state index contributed by atoms with van der Waals surface area (Å²) in [6.45, 7) is 4.60. The second-order valence-corrected chi connectivity index (χ2v) is 8.40. The van der Waals surface area contributed by atoms with Gasteiger partial charge in [0, 0.05) is 19.6 Å². The summed E-state index contributed by atoms with van der Waals surface area (Å²) in [6.07, 6.45) is 2.72. The third-order valence-corrected chi connectivity index (χ3v) is 5.36. The number of ketones is 2. The number of alkyl carbamates (subject to hydrolysis) is 1. The smallest absolute Gasteiger partial charge is 0.408 e. The standard InChI is InChI=1S/C24H34N2O6/c1-17(2)21(26-24(30)32-15-18-10-6-5-7-11-18)20(27)14-19-16-31-13-9-4-3-8-12-25-23(29)22(19)28/h5-7,10-11,17,19,21H,3-4,8-9,12-16H2,1-2H3,(H,25,29)(H,26,30). The molecular formula is C24H34N2O6. The van der Waals surface area contributed by atoms with Crippen LogP contribution in [-0.2, 0) is 30.5 Å². The van der Waals surface area contributed by atoms with Gasteiger partial charge >= 0.3 is 6.09 Å². The maximum absolute atomic E-state index is 13.0. The topological polar surface area (TPSA) is 111 Å². The zero-order valence-electron chi connectivity index (χ0n) is 18.9. The Balaban J connectivity index is 1.97.